The second-order valence-corrected chi connectivity index (χ2v) is 13.8. The van der Waals surface area contributed by atoms with E-state index in [1.54, 1.807) is 27.9 Å². The van der Waals surface area contributed by atoms with Gasteiger partial charge in [0.25, 0.3) is 5.91 Å². The van der Waals surface area contributed by atoms with Gasteiger partial charge >= 0.3 is 24.5 Å². The highest BCUT2D eigenvalue weighted by atomic mass is 31.1. The van der Waals surface area contributed by atoms with Crippen molar-refractivity contribution in [1.29, 1.82) is 0 Å². The van der Waals surface area contributed by atoms with E-state index >= 15 is 0 Å². The van der Waals surface area contributed by atoms with Crippen molar-refractivity contribution in [1.82, 2.24) is 25.1 Å². The van der Waals surface area contributed by atoms with Gasteiger partial charge in [0.15, 0.2) is 5.82 Å². The fraction of sp³-hybridized carbons (Fsp3) is 0.571. The molecule has 0 saturated carbocycles. The molecule has 290 valence electrons. The molecular weight excluding hydrogens is 711 g/mol. The Labute approximate surface area is 309 Å². The van der Waals surface area contributed by atoms with Gasteiger partial charge in [-0.15, -0.1) is 0 Å². The molecule has 1 aromatic heterocycles. The summed E-state index contributed by atoms with van der Waals surface area (Å²) in [5.41, 5.74) is 0.623. The largest absolute Gasteiger partial charge is 0.450 e. The van der Waals surface area contributed by atoms with Crippen molar-refractivity contribution in [3.05, 3.63) is 42.1 Å². The highest BCUT2D eigenvalue weighted by Gasteiger charge is 2.34. The monoisotopic (exact) mass is 760 g/mol. The molecule has 0 aliphatic carbocycles. The number of amides is 3. The van der Waals surface area contributed by atoms with Crippen molar-refractivity contribution in [2.24, 2.45) is 0 Å². The zero-order chi connectivity index (χ0) is 38.3. The van der Waals surface area contributed by atoms with Gasteiger partial charge in [0, 0.05) is 70.8 Å². The molecule has 2 saturated heterocycles. The highest BCUT2D eigenvalue weighted by molar-refractivity contribution is 7.39. The van der Waals surface area contributed by atoms with Crippen molar-refractivity contribution in [2.45, 2.75) is 71.5 Å². The number of aromatic nitrogens is 2. The molecule has 1 aromatic carbocycles. The standard InChI is InChI=1S/C35H49N6O11P/c1-5-11-29(42)50-35(51-30(43)12-6-2)52-53(47)23-27(33(45)39-17-19-40(20-18-39)34(46)49-7-3)37-32(44)26-21-28(41-16-15-25(22-41)48-4)38-31(36-26)24-13-9-8-10-14-24/h8-10,13-14,21,25,27,35,53H,5-7,11-12,15-20,22-23H2,1-4H3,(H,37,44)/t25-,27+/m0/s1. The van der Waals surface area contributed by atoms with Crippen LogP contribution < -0.4 is 10.2 Å². The number of anilines is 1. The molecule has 1 unspecified atom stereocenters. The van der Waals surface area contributed by atoms with Crippen LogP contribution in [0.4, 0.5) is 10.6 Å². The normalized spacial score (nSPS) is 16.9. The molecule has 4 rings (SSSR count). The predicted octanol–water partition coefficient (Wildman–Crippen LogP) is 3.23. The number of rotatable bonds is 17. The van der Waals surface area contributed by atoms with E-state index in [4.69, 9.17) is 28.5 Å². The van der Waals surface area contributed by atoms with Crippen LogP contribution in [-0.4, -0.2) is 127 Å². The van der Waals surface area contributed by atoms with Crippen LogP contribution >= 0.6 is 8.03 Å². The van der Waals surface area contributed by atoms with Crippen LogP contribution in [0.5, 0.6) is 0 Å². The van der Waals surface area contributed by atoms with Gasteiger partial charge in [0.2, 0.25) is 13.9 Å². The lowest BCUT2D eigenvalue weighted by Gasteiger charge is -2.36. The second-order valence-electron chi connectivity index (χ2n) is 12.4. The van der Waals surface area contributed by atoms with Crippen LogP contribution in [-0.2, 0) is 42.4 Å². The van der Waals surface area contributed by atoms with Crippen LogP contribution in [0, 0.1) is 0 Å². The van der Waals surface area contributed by atoms with Crippen LogP contribution in [0.3, 0.4) is 0 Å². The Kier molecular flexibility index (Phi) is 16.0. The lowest BCUT2D eigenvalue weighted by Crippen LogP contribution is -2.56. The average molecular weight is 761 g/mol. The summed E-state index contributed by atoms with van der Waals surface area (Å²) in [5.74, 6) is -2.03. The topological polar surface area (TPSA) is 196 Å². The Morgan fingerprint density at radius 2 is 1.55 bits per heavy atom. The molecule has 53 heavy (non-hydrogen) atoms. The first-order valence-corrected chi connectivity index (χ1v) is 19.4. The minimum atomic E-state index is -3.33. The molecule has 2 aliphatic heterocycles. The van der Waals surface area contributed by atoms with Crippen molar-refractivity contribution >= 4 is 43.7 Å². The molecule has 2 aromatic rings. The van der Waals surface area contributed by atoms with Gasteiger partial charge in [-0.05, 0) is 26.2 Å². The molecule has 3 atom stereocenters. The molecule has 3 heterocycles. The quantitative estimate of drug-likeness (QED) is 0.140. The number of esters is 2. The van der Waals surface area contributed by atoms with Gasteiger partial charge < -0.3 is 39.0 Å². The summed E-state index contributed by atoms with van der Waals surface area (Å²) >= 11 is 0. The number of hydrogen-bond acceptors (Lipinski definition) is 14. The number of hydrogen-bond donors (Lipinski definition) is 1. The van der Waals surface area contributed by atoms with E-state index in [0.717, 1.165) is 6.42 Å². The molecule has 0 radical (unpaired) electrons. The Morgan fingerprint density at radius 1 is 0.906 bits per heavy atom. The van der Waals surface area contributed by atoms with E-state index in [2.05, 4.69) is 10.3 Å². The maximum absolute atomic E-state index is 14.0. The van der Waals surface area contributed by atoms with Gasteiger partial charge in [-0.3, -0.25) is 28.3 Å². The average Bonchev–Trinajstić information content (AvgIpc) is 3.64. The molecule has 2 fully saturated rings. The number of ether oxygens (including phenoxy) is 4. The summed E-state index contributed by atoms with van der Waals surface area (Å²) in [6.07, 6.45) is 0.581. The molecule has 2 aliphatic rings. The second kappa shape index (κ2) is 20.6. The van der Waals surface area contributed by atoms with E-state index in [1.165, 1.54) is 15.9 Å². The number of methoxy groups -OCH3 is 1. The van der Waals surface area contributed by atoms with Gasteiger partial charge in [0.05, 0.1) is 18.9 Å². The van der Waals surface area contributed by atoms with Gasteiger partial charge in [-0.1, -0.05) is 44.2 Å². The van der Waals surface area contributed by atoms with E-state index < -0.39 is 56.6 Å². The number of nitrogens with one attached hydrogen (secondary N) is 1. The predicted molar refractivity (Wildman–Crippen MR) is 192 cm³/mol. The fourth-order valence-electron chi connectivity index (χ4n) is 5.67. The molecule has 3 amide bonds. The lowest BCUT2D eigenvalue weighted by molar-refractivity contribution is -0.234. The summed E-state index contributed by atoms with van der Waals surface area (Å²) in [7, 11) is -1.70. The summed E-state index contributed by atoms with van der Waals surface area (Å²) in [6.45, 7) is 5.24. The van der Waals surface area contributed by atoms with E-state index in [1.807, 2.05) is 35.2 Å². The number of nitrogens with zero attached hydrogens (tertiary/aromatic N) is 5. The third-order valence-corrected chi connectivity index (χ3v) is 9.66. The number of carbonyl (C=O) groups excluding carboxylic acids is 5. The van der Waals surface area contributed by atoms with Crippen LogP contribution in [0.1, 0.15) is 63.4 Å². The van der Waals surface area contributed by atoms with Crippen molar-refractivity contribution in [3.63, 3.8) is 0 Å². The van der Waals surface area contributed by atoms with E-state index in [-0.39, 0.29) is 63.2 Å². The van der Waals surface area contributed by atoms with Crippen LogP contribution in [0.15, 0.2) is 36.4 Å². The van der Waals surface area contributed by atoms with Crippen molar-refractivity contribution in [2.75, 3.05) is 64.0 Å². The van der Waals surface area contributed by atoms with Crippen LogP contribution in [0.2, 0.25) is 0 Å². The Balaban J connectivity index is 1.60. The molecule has 1 N–H and O–H groups in total. The number of piperazine rings is 1. The van der Waals surface area contributed by atoms with Crippen molar-refractivity contribution < 1.29 is 52.0 Å². The van der Waals surface area contributed by atoms with Crippen LogP contribution in [0.25, 0.3) is 11.4 Å². The first-order chi connectivity index (χ1) is 25.5. The fourth-order valence-corrected chi connectivity index (χ4v) is 6.69. The minimum absolute atomic E-state index is 0.00346. The lowest BCUT2D eigenvalue weighted by atomic mass is 10.2. The van der Waals surface area contributed by atoms with E-state index in [9.17, 15) is 28.5 Å². The molecule has 0 spiro atoms. The third-order valence-electron chi connectivity index (χ3n) is 8.46. The first-order valence-electron chi connectivity index (χ1n) is 17.9. The maximum Gasteiger partial charge on any atom is 0.409 e. The molecule has 18 heteroatoms. The van der Waals surface area contributed by atoms with Gasteiger partial charge in [-0.25, -0.2) is 14.8 Å². The highest BCUT2D eigenvalue weighted by Crippen LogP contribution is 2.29. The summed E-state index contributed by atoms with van der Waals surface area (Å²) in [5, 5.41) is 2.69. The maximum atomic E-state index is 14.0. The van der Waals surface area contributed by atoms with E-state index in [0.29, 0.717) is 37.3 Å². The summed E-state index contributed by atoms with van der Waals surface area (Å²) in [6, 6.07) is 9.22. The molecular formula is C35H49N6O11P. The smallest absolute Gasteiger partial charge is 0.409 e. The van der Waals surface area contributed by atoms with Crippen molar-refractivity contribution in [3.8, 4) is 11.4 Å². The first kappa shape index (κ1) is 41.2. The Hall–Kier alpha value is -4.60. The Bertz CT molecular complexity index is 1570. The number of benzene rings is 1. The molecule has 17 nitrogen and oxygen atoms in total. The molecule has 0 bridgehead atoms. The summed E-state index contributed by atoms with van der Waals surface area (Å²) < 4.78 is 39.8. The van der Waals surface area contributed by atoms with Gasteiger partial charge in [0.1, 0.15) is 17.6 Å². The number of carbonyl (C=O) groups is 5. The minimum Gasteiger partial charge on any atom is -0.450 e. The SMILES string of the molecule is CCCC(=O)OC(OC(=O)CCC)O[PH](=O)C[C@@H](NC(=O)c1cc(N2CC[C@H](OC)C2)nc(-c2ccccc2)n1)C(=O)N1CCN(C(=O)OCC)CC1. The zero-order valence-corrected chi connectivity index (χ0v) is 31.6. The third kappa shape index (κ3) is 12.2. The zero-order valence-electron chi connectivity index (χ0n) is 30.6. The summed E-state index contributed by atoms with van der Waals surface area (Å²) in [4.78, 5) is 79.0. The Morgan fingerprint density at radius 3 is 2.13 bits per heavy atom. The van der Waals surface area contributed by atoms with Gasteiger partial charge in [-0.2, -0.15) is 0 Å².